The number of amidine groups is 1. The summed E-state index contributed by atoms with van der Waals surface area (Å²) in [6.07, 6.45) is 8.37. The second kappa shape index (κ2) is 3.52. The Labute approximate surface area is 95.0 Å². The number of rotatable bonds is 1. The SMILES string of the molecule is CC1N2C=CC=CC2=NN1c1ccccc1. The number of hydrogen-bond donors (Lipinski definition) is 0. The van der Waals surface area contributed by atoms with Crippen LogP contribution in [-0.4, -0.2) is 16.9 Å². The van der Waals surface area contributed by atoms with Crippen molar-refractivity contribution in [1.82, 2.24) is 4.90 Å². The molecule has 0 aromatic heterocycles. The van der Waals surface area contributed by atoms with Crippen molar-refractivity contribution in [2.75, 3.05) is 5.01 Å². The smallest absolute Gasteiger partial charge is 0.154 e. The van der Waals surface area contributed by atoms with Crippen LogP contribution >= 0.6 is 0 Å². The Morgan fingerprint density at radius 2 is 1.94 bits per heavy atom. The molecular weight excluding hydrogens is 198 g/mol. The lowest BCUT2D eigenvalue weighted by molar-refractivity contribution is 0.451. The molecule has 1 atom stereocenters. The molecule has 16 heavy (non-hydrogen) atoms. The molecule has 0 saturated heterocycles. The third-order valence-corrected chi connectivity index (χ3v) is 2.86. The summed E-state index contributed by atoms with van der Waals surface area (Å²) in [4.78, 5) is 2.16. The number of benzene rings is 1. The van der Waals surface area contributed by atoms with E-state index in [1.54, 1.807) is 0 Å². The Morgan fingerprint density at radius 1 is 1.12 bits per heavy atom. The van der Waals surface area contributed by atoms with Crippen molar-refractivity contribution in [2.45, 2.75) is 13.1 Å². The molecule has 0 bridgehead atoms. The summed E-state index contributed by atoms with van der Waals surface area (Å²) in [5.74, 6) is 0.999. The summed E-state index contributed by atoms with van der Waals surface area (Å²) in [7, 11) is 0. The molecule has 80 valence electrons. The summed E-state index contributed by atoms with van der Waals surface area (Å²) >= 11 is 0. The molecule has 0 amide bonds. The molecule has 3 rings (SSSR count). The number of para-hydroxylation sites is 1. The van der Waals surface area contributed by atoms with Crippen molar-refractivity contribution in [1.29, 1.82) is 0 Å². The number of hydrogen-bond acceptors (Lipinski definition) is 3. The van der Waals surface area contributed by atoms with Gasteiger partial charge in [-0.2, -0.15) is 5.10 Å². The molecule has 0 fully saturated rings. The number of fused-ring (bicyclic) bond motifs is 1. The van der Waals surface area contributed by atoms with Gasteiger partial charge in [0.1, 0.15) is 6.17 Å². The Morgan fingerprint density at radius 3 is 2.69 bits per heavy atom. The molecule has 2 aliphatic heterocycles. The van der Waals surface area contributed by atoms with Gasteiger partial charge >= 0.3 is 0 Å². The third-order valence-electron chi connectivity index (χ3n) is 2.86. The quantitative estimate of drug-likeness (QED) is 0.711. The van der Waals surface area contributed by atoms with E-state index in [2.05, 4.69) is 35.3 Å². The Kier molecular flexibility index (Phi) is 2.03. The van der Waals surface area contributed by atoms with E-state index in [4.69, 9.17) is 0 Å². The minimum atomic E-state index is 0.235. The summed E-state index contributed by atoms with van der Waals surface area (Å²) in [6, 6.07) is 10.2. The van der Waals surface area contributed by atoms with Crippen LogP contribution in [0.1, 0.15) is 6.92 Å². The number of hydrazone groups is 1. The van der Waals surface area contributed by atoms with Gasteiger partial charge < -0.3 is 4.90 Å². The van der Waals surface area contributed by atoms with Crippen LogP contribution in [-0.2, 0) is 0 Å². The molecule has 0 saturated carbocycles. The molecule has 2 heterocycles. The van der Waals surface area contributed by atoms with E-state index in [0.717, 1.165) is 11.5 Å². The van der Waals surface area contributed by atoms with E-state index < -0.39 is 0 Å². The topological polar surface area (TPSA) is 18.8 Å². The van der Waals surface area contributed by atoms with E-state index in [0.29, 0.717) is 0 Å². The zero-order chi connectivity index (χ0) is 11.0. The predicted molar refractivity (Wildman–Crippen MR) is 65.9 cm³/mol. The normalized spacial score (nSPS) is 22.3. The minimum absolute atomic E-state index is 0.235. The van der Waals surface area contributed by atoms with Crippen LogP contribution < -0.4 is 5.01 Å². The van der Waals surface area contributed by atoms with Crippen LogP contribution in [0.15, 0.2) is 59.9 Å². The Bertz CT molecular complexity index is 473. The summed E-state index contributed by atoms with van der Waals surface area (Å²) in [5, 5.41) is 6.64. The monoisotopic (exact) mass is 211 g/mol. The molecule has 1 aromatic rings. The van der Waals surface area contributed by atoms with Gasteiger partial charge in [0.2, 0.25) is 0 Å². The highest BCUT2D eigenvalue weighted by Crippen LogP contribution is 2.26. The second-order valence-electron chi connectivity index (χ2n) is 3.88. The van der Waals surface area contributed by atoms with Gasteiger partial charge in [-0.3, -0.25) is 0 Å². The first-order valence-electron chi connectivity index (χ1n) is 5.42. The van der Waals surface area contributed by atoms with Crippen LogP contribution in [0.3, 0.4) is 0 Å². The van der Waals surface area contributed by atoms with Crippen molar-refractivity contribution in [3.05, 3.63) is 54.8 Å². The van der Waals surface area contributed by atoms with Gasteiger partial charge in [0.05, 0.1) is 5.69 Å². The zero-order valence-electron chi connectivity index (χ0n) is 9.12. The van der Waals surface area contributed by atoms with E-state index in [1.165, 1.54) is 0 Å². The van der Waals surface area contributed by atoms with Crippen LogP contribution in [0.5, 0.6) is 0 Å². The van der Waals surface area contributed by atoms with E-state index >= 15 is 0 Å². The molecule has 3 nitrogen and oxygen atoms in total. The predicted octanol–water partition coefficient (Wildman–Crippen LogP) is 2.55. The number of nitrogens with zero attached hydrogens (tertiary/aromatic N) is 3. The average molecular weight is 211 g/mol. The second-order valence-corrected chi connectivity index (χ2v) is 3.88. The largest absolute Gasteiger partial charge is 0.309 e. The fourth-order valence-electron chi connectivity index (χ4n) is 2.01. The molecule has 0 N–H and O–H groups in total. The molecule has 1 unspecified atom stereocenters. The molecule has 1 aromatic carbocycles. The van der Waals surface area contributed by atoms with Crippen LogP contribution in [0.25, 0.3) is 0 Å². The summed E-state index contributed by atoms with van der Waals surface area (Å²) < 4.78 is 0. The molecular formula is C13H13N3. The number of anilines is 1. The van der Waals surface area contributed by atoms with E-state index in [9.17, 15) is 0 Å². The van der Waals surface area contributed by atoms with Crippen molar-refractivity contribution < 1.29 is 0 Å². The molecule has 3 heteroatoms. The minimum Gasteiger partial charge on any atom is -0.309 e. The first kappa shape index (κ1) is 9.21. The Hall–Kier alpha value is -2.03. The van der Waals surface area contributed by atoms with Gasteiger partial charge in [-0.15, -0.1) is 0 Å². The molecule has 0 spiro atoms. The standard InChI is InChI=1S/C13H13N3/c1-11-15-10-6-5-9-13(15)14-16(11)12-7-3-2-4-8-12/h2-11H,1H3. The van der Waals surface area contributed by atoms with Gasteiger partial charge in [0.25, 0.3) is 0 Å². The maximum atomic E-state index is 4.60. The van der Waals surface area contributed by atoms with Gasteiger partial charge in [0.15, 0.2) is 5.84 Å². The van der Waals surface area contributed by atoms with Crippen molar-refractivity contribution in [2.24, 2.45) is 5.10 Å². The van der Waals surface area contributed by atoms with Gasteiger partial charge in [0, 0.05) is 6.20 Å². The molecule has 0 radical (unpaired) electrons. The number of allylic oxidation sites excluding steroid dienone is 2. The lowest BCUT2D eigenvalue weighted by Gasteiger charge is -2.26. The zero-order valence-corrected chi connectivity index (χ0v) is 9.12. The fraction of sp³-hybridized carbons (Fsp3) is 0.154. The van der Waals surface area contributed by atoms with E-state index in [-0.39, 0.29) is 6.17 Å². The van der Waals surface area contributed by atoms with E-state index in [1.807, 2.05) is 41.4 Å². The first-order valence-corrected chi connectivity index (χ1v) is 5.42. The first-order chi connectivity index (χ1) is 7.86. The highest BCUT2D eigenvalue weighted by Gasteiger charge is 2.29. The molecule has 0 aliphatic carbocycles. The maximum Gasteiger partial charge on any atom is 0.154 e. The van der Waals surface area contributed by atoms with Crippen molar-refractivity contribution in [3.63, 3.8) is 0 Å². The van der Waals surface area contributed by atoms with Crippen LogP contribution in [0.2, 0.25) is 0 Å². The molecule has 2 aliphatic rings. The van der Waals surface area contributed by atoms with Crippen molar-refractivity contribution >= 4 is 11.5 Å². The highest BCUT2D eigenvalue weighted by atomic mass is 15.6. The lowest BCUT2D eigenvalue weighted by Crippen LogP contribution is -2.36. The maximum absolute atomic E-state index is 4.60. The lowest BCUT2D eigenvalue weighted by atomic mass is 10.3. The van der Waals surface area contributed by atoms with Gasteiger partial charge in [-0.1, -0.05) is 24.3 Å². The van der Waals surface area contributed by atoms with Gasteiger partial charge in [-0.25, -0.2) is 5.01 Å². The highest BCUT2D eigenvalue weighted by molar-refractivity contribution is 5.97. The fourth-order valence-corrected chi connectivity index (χ4v) is 2.01. The average Bonchev–Trinajstić information content (AvgIpc) is 2.69. The third kappa shape index (κ3) is 1.33. The van der Waals surface area contributed by atoms with Crippen LogP contribution in [0, 0.1) is 0 Å². The van der Waals surface area contributed by atoms with Crippen LogP contribution in [0.4, 0.5) is 5.69 Å². The van der Waals surface area contributed by atoms with Gasteiger partial charge in [-0.05, 0) is 31.2 Å². The summed E-state index contributed by atoms with van der Waals surface area (Å²) in [5.41, 5.74) is 1.12. The summed E-state index contributed by atoms with van der Waals surface area (Å²) in [6.45, 7) is 2.15. The van der Waals surface area contributed by atoms with Crippen molar-refractivity contribution in [3.8, 4) is 0 Å². The Balaban J connectivity index is 1.97.